The van der Waals surface area contributed by atoms with Crippen LogP contribution in [0.1, 0.15) is 41.2 Å². The molecule has 3 aromatic rings. The van der Waals surface area contributed by atoms with Gasteiger partial charge >= 0.3 is 6.36 Å². The van der Waals surface area contributed by atoms with Gasteiger partial charge < -0.3 is 9.72 Å². The molecule has 1 N–H and O–H groups in total. The molecule has 1 aliphatic carbocycles. The van der Waals surface area contributed by atoms with Crippen molar-refractivity contribution in [1.82, 2.24) is 19.9 Å². The van der Waals surface area contributed by atoms with Gasteiger partial charge in [0.25, 0.3) is 5.56 Å². The van der Waals surface area contributed by atoms with E-state index >= 15 is 0 Å². The lowest BCUT2D eigenvalue weighted by molar-refractivity contribution is -0.274. The van der Waals surface area contributed by atoms with Crippen molar-refractivity contribution in [1.29, 1.82) is 0 Å². The van der Waals surface area contributed by atoms with Crippen LogP contribution in [0.25, 0.3) is 11.6 Å². The van der Waals surface area contributed by atoms with Crippen LogP contribution >= 0.6 is 0 Å². The van der Waals surface area contributed by atoms with Crippen LogP contribution in [-0.4, -0.2) is 32.1 Å². The fourth-order valence-electron chi connectivity index (χ4n) is 3.40. The van der Waals surface area contributed by atoms with Crippen molar-refractivity contribution in [3.05, 3.63) is 70.4 Å². The molecule has 1 atom stereocenters. The van der Waals surface area contributed by atoms with Crippen molar-refractivity contribution in [2.45, 2.75) is 31.5 Å². The zero-order valence-electron chi connectivity index (χ0n) is 16.1. The fourth-order valence-corrected chi connectivity index (χ4v) is 3.40. The molecule has 2 aromatic heterocycles. The third kappa shape index (κ3) is 5.33. The maximum Gasteiger partial charge on any atom is 0.573 e. The van der Waals surface area contributed by atoms with Gasteiger partial charge in [-0.1, -0.05) is 12.1 Å². The van der Waals surface area contributed by atoms with E-state index in [4.69, 9.17) is 0 Å². The van der Waals surface area contributed by atoms with Gasteiger partial charge in [0.1, 0.15) is 11.4 Å². The van der Waals surface area contributed by atoms with Crippen LogP contribution in [0.5, 0.6) is 5.75 Å². The van der Waals surface area contributed by atoms with Crippen LogP contribution in [0.2, 0.25) is 0 Å². The van der Waals surface area contributed by atoms with Crippen molar-refractivity contribution in [3.8, 4) is 17.4 Å². The molecular weight excluding hydrogens is 413 g/mol. The van der Waals surface area contributed by atoms with Gasteiger partial charge in [0, 0.05) is 24.9 Å². The standard InChI is InChI=1S/C21H17F3N4O3/c22-21(23,24)31-14-6-4-13(5-7-14)15(12-2-3-12)10-17(29)16-11-18(30)28-20(27-16)19-25-8-1-9-26-19/h1,4-9,11-12,15H,2-3,10H2,(H,27,28,30)/t15-/m1/s1. The number of benzene rings is 1. The number of Topliss-reactive ketones (excluding diaryl/α,β-unsaturated/α-hetero) is 1. The Balaban J connectivity index is 1.55. The fraction of sp³-hybridized carbons (Fsp3) is 0.286. The average Bonchev–Trinajstić information content (AvgIpc) is 3.57. The molecule has 0 spiro atoms. The van der Waals surface area contributed by atoms with E-state index in [0.29, 0.717) is 0 Å². The molecule has 0 amide bonds. The molecule has 7 nitrogen and oxygen atoms in total. The molecule has 31 heavy (non-hydrogen) atoms. The molecule has 160 valence electrons. The van der Waals surface area contributed by atoms with Crippen LogP contribution in [-0.2, 0) is 0 Å². The van der Waals surface area contributed by atoms with E-state index in [9.17, 15) is 22.8 Å². The molecule has 2 heterocycles. The lowest BCUT2D eigenvalue weighted by atomic mass is 9.88. The first-order valence-corrected chi connectivity index (χ1v) is 9.56. The number of carbonyl (C=O) groups excluding carboxylic acids is 1. The molecule has 1 aliphatic rings. The molecule has 4 rings (SSSR count). The number of aromatic amines is 1. The van der Waals surface area contributed by atoms with Gasteiger partial charge in [0.2, 0.25) is 0 Å². The summed E-state index contributed by atoms with van der Waals surface area (Å²) in [5.74, 6) is -0.319. The third-order valence-corrected chi connectivity index (χ3v) is 4.94. The number of carbonyl (C=O) groups is 1. The van der Waals surface area contributed by atoms with E-state index in [-0.39, 0.29) is 47.1 Å². The second-order valence-corrected chi connectivity index (χ2v) is 7.24. The maximum atomic E-state index is 12.9. The van der Waals surface area contributed by atoms with Gasteiger partial charge in [-0.2, -0.15) is 0 Å². The Hall–Kier alpha value is -3.56. The maximum absolute atomic E-state index is 12.9. The summed E-state index contributed by atoms with van der Waals surface area (Å²) in [4.78, 5) is 39.7. The minimum atomic E-state index is -4.76. The van der Waals surface area contributed by atoms with E-state index in [0.717, 1.165) is 24.5 Å². The van der Waals surface area contributed by atoms with Crippen molar-refractivity contribution >= 4 is 5.78 Å². The minimum Gasteiger partial charge on any atom is -0.406 e. The third-order valence-electron chi connectivity index (χ3n) is 4.94. The number of nitrogens with zero attached hydrogens (tertiary/aromatic N) is 3. The normalized spacial score (nSPS) is 14.8. The van der Waals surface area contributed by atoms with Gasteiger partial charge in [0.05, 0.1) is 0 Å². The molecule has 0 radical (unpaired) electrons. The second-order valence-electron chi connectivity index (χ2n) is 7.24. The number of hydrogen-bond donors (Lipinski definition) is 1. The Kier molecular flexibility index (Phi) is 5.53. The van der Waals surface area contributed by atoms with Crippen LogP contribution in [0.4, 0.5) is 13.2 Å². The number of aromatic nitrogens is 4. The molecular formula is C21H17F3N4O3. The monoisotopic (exact) mass is 430 g/mol. The Bertz CT molecular complexity index is 1130. The second kappa shape index (κ2) is 8.29. The van der Waals surface area contributed by atoms with Crippen molar-refractivity contribution < 1.29 is 22.7 Å². The first-order valence-electron chi connectivity index (χ1n) is 9.56. The lowest BCUT2D eigenvalue weighted by Gasteiger charge is -2.17. The van der Waals surface area contributed by atoms with Gasteiger partial charge in [-0.3, -0.25) is 9.59 Å². The predicted octanol–water partition coefficient (Wildman–Crippen LogP) is 3.89. The number of H-pyrrole nitrogens is 1. The summed E-state index contributed by atoms with van der Waals surface area (Å²) in [6.07, 6.45) is 0.142. The Morgan fingerprint density at radius 2 is 1.84 bits per heavy atom. The first-order chi connectivity index (χ1) is 14.8. The van der Waals surface area contributed by atoms with E-state index in [1.807, 2.05) is 0 Å². The van der Waals surface area contributed by atoms with Gasteiger partial charge in [-0.15, -0.1) is 13.2 Å². The molecule has 0 aliphatic heterocycles. The van der Waals surface area contributed by atoms with E-state index in [1.54, 1.807) is 6.07 Å². The molecule has 0 saturated heterocycles. The molecule has 1 aromatic carbocycles. The number of nitrogens with one attached hydrogen (secondary N) is 1. The SMILES string of the molecule is O=C(C[C@@H](c1ccc(OC(F)(F)F)cc1)C1CC1)c1cc(=O)[nH]c(-c2ncccn2)n1. The minimum absolute atomic E-state index is 0.00567. The van der Waals surface area contributed by atoms with Crippen LogP contribution in [0, 0.1) is 5.92 Å². The average molecular weight is 430 g/mol. The number of hydrogen-bond acceptors (Lipinski definition) is 6. The number of ketones is 1. The molecule has 1 saturated carbocycles. The lowest BCUT2D eigenvalue weighted by Crippen LogP contribution is -2.18. The van der Waals surface area contributed by atoms with Gasteiger partial charge in [0.15, 0.2) is 17.4 Å². The van der Waals surface area contributed by atoms with E-state index < -0.39 is 11.9 Å². The van der Waals surface area contributed by atoms with E-state index in [1.165, 1.54) is 36.7 Å². The van der Waals surface area contributed by atoms with Crippen molar-refractivity contribution in [2.24, 2.45) is 5.92 Å². The zero-order chi connectivity index (χ0) is 22.0. The largest absolute Gasteiger partial charge is 0.573 e. The number of rotatable bonds is 7. The van der Waals surface area contributed by atoms with Crippen LogP contribution < -0.4 is 10.3 Å². The van der Waals surface area contributed by atoms with Crippen molar-refractivity contribution in [3.63, 3.8) is 0 Å². The summed E-state index contributed by atoms with van der Waals surface area (Å²) in [6.45, 7) is 0. The Morgan fingerprint density at radius 1 is 1.16 bits per heavy atom. The summed E-state index contributed by atoms with van der Waals surface area (Å²) in [7, 11) is 0. The highest BCUT2D eigenvalue weighted by molar-refractivity contribution is 5.95. The molecule has 1 fully saturated rings. The Morgan fingerprint density at radius 3 is 2.45 bits per heavy atom. The van der Waals surface area contributed by atoms with Gasteiger partial charge in [-0.25, -0.2) is 15.0 Å². The van der Waals surface area contributed by atoms with Crippen molar-refractivity contribution in [2.75, 3.05) is 0 Å². The smallest absolute Gasteiger partial charge is 0.406 e. The topological polar surface area (TPSA) is 97.8 Å². The summed E-state index contributed by atoms with van der Waals surface area (Å²) >= 11 is 0. The number of halogens is 3. The molecule has 0 unspecified atom stereocenters. The summed E-state index contributed by atoms with van der Waals surface area (Å²) in [5, 5.41) is 0. The highest BCUT2D eigenvalue weighted by Crippen LogP contribution is 2.45. The highest BCUT2D eigenvalue weighted by Gasteiger charge is 2.35. The molecule has 10 heteroatoms. The summed E-state index contributed by atoms with van der Waals surface area (Å²) in [6, 6.07) is 8.27. The quantitative estimate of drug-likeness (QED) is 0.571. The highest BCUT2D eigenvalue weighted by atomic mass is 19.4. The zero-order valence-corrected chi connectivity index (χ0v) is 16.1. The Labute approximate surface area is 174 Å². The van der Waals surface area contributed by atoms with Gasteiger partial charge in [-0.05, 0) is 48.4 Å². The van der Waals surface area contributed by atoms with E-state index in [2.05, 4.69) is 24.7 Å². The van der Waals surface area contributed by atoms with Crippen LogP contribution in [0.15, 0.2) is 53.6 Å². The molecule has 0 bridgehead atoms. The first kappa shape index (κ1) is 20.7. The summed E-state index contributed by atoms with van der Waals surface area (Å²) in [5.41, 5.74) is 0.230. The number of ether oxygens (including phenoxy) is 1. The predicted molar refractivity (Wildman–Crippen MR) is 103 cm³/mol. The number of alkyl halides is 3. The summed E-state index contributed by atoms with van der Waals surface area (Å²) < 4.78 is 41.0. The van der Waals surface area contributed by atoms with Crippen LogP contribution in [0.3, 0.4) is 0 Å².